The van der Waals surface area contributed by atoms with Gasteiger partial charge in [0.2, 0.25) is 11.8 Å². The van der Waals surface area contributed by atoms with Gasteiger partial charge in [0.25, 0.3) is 5.91 Å². The Morgan fingerprint density at radius 1 is 1.32 bits per heavy atom. The molecule has 0 bridgehead atoms. The van der Waals surface area contributed by atoms with Gasteiger partial charge in [-0.25, -0.2) is 0 Å². The third-order valence-electron chi connectivity index (χ3n) is 5.23. The Hall–Kier alpha value is -3.87. The fourth-order valence-corrected chi connectivity index (χ4v) is 3.99. The number of methoxy groups -OCH3 is 1. The van der Waals surface area contributed by atoms with Crippen LogP contribution < -0.4 is 25.3 Å². The van der Waals surface area contributed by atoms with Gasteiger partial charge in [-0.05, 0) is 36.8 Å². The number of hydrogen-bond acceptors (Lipinski definition) is 7. The largest absolute Gasteiger partial charge is 0.493 e. The third kappa shape index (κ3) is 4.33. The molecule has 0 aliphatic carbocycles. The Morgan fingerprint density at radius 2 is 2.12 bits per heavy atom. The number of nitrogens with one attached hydrogen (secondary N) is 2. The van der Waals surface area contributed by atoms with Gasteiger partial charge in [0.15, 0.2) is 18.1 Å². The van der Waals surface area contributed by atoms with Gasteiger partial charge < -0.3 is 25.3 Å². The number of amides is 1. The first kappa shape index (κ1) is 23.3. The SMILES string of the molecule is COc1cc(C2C(C#N)=C(N)Oc3n[nH]c(C)c32)ccc1OCC(=O)Nc1cccc(Cl)c1Cl. The average molecular weight is 500 g/mol. The van der Waals surface area contributed by atoms with Crippen molar-refractivity contribution >= 4 is 34.8 Å². The van der Waals surface area contributed by atoms with Crippen LogP contribution >= 0.6 is 23.2 Å². The van der Waals surface area contributed by atoms with Crippen LogP contribution in [0.15, 0.2) is 47.9 Å². The molecule has 1 aliphatic heterocycles. The highest BCUT2D eigenvalue weighted by molar-refractivity contribution is 6.44. The molecule has 4 rings (SSSR count). The summed E-state index contributed by atoms with van der Waals surface area (Å²) in [6.07, 6.45) is 0. The fraction of sp³-hybridized carbons (Fsp3) is 0.174. The van der Waals surface area contributed by atoms with E-state index in [4.69, 9.17) is 43.1 Å². The van der Waals surface area contributed by atoms with Gasteiger partial charge in [0, 0.05) is 11.3 Å². The molecule has 2 aromatic carbocycles. The summed E-state index contributed by atoms with van der Waals surface area (Å²) in [5.41, 5.74) is 8.77. The standard InChI is InChI=1S/C23H19Cl2N5O4/c1-11-19-20(13(9-26)22(27)34-23(19)30-29-11)12-6-7-16(17(8-12)32-2)33-10-18(31)28-15-5-3-4-14(24)21(15)25/h3-8,20H,10,27H2,1-2H3,(H,28,31)(H,29,30). The summed E-state index contributed by atoms with van der Waals surface area (Å²) in [5, 5.41) is 19.9. The lowest BCUT2D eigenvalue weighted by Gasteiger charge is -2.24. The normalized spacial score (nSPS) is 14.6. The maximum Gasteiger partial charge on any atom is 0.262 e. The fourth-order valence-electron chi connectivity index (χ4n) is 3.64. The lowest BCUT2D eigenvalue weighted by molar-refractivity contribution is -0.118. The first-order chi connectivity index (χ1) is 16.3. The number of aromatic amines is 1. The summed E-state index contributed by atoms with van der Waals surface area (Å²) in [6.45, 7) is 1.54. The van der Waals surface area contributed by atoms with Crippen LogP contribution in [0.5, 0.6) is 17.4 Å². The molecule has 9 nitrogen and oxygen atoms in total. The van der Waals surface area contributed by atoms with Crippen molar-refractivity contribution in [3.8, 4) is 23.4 Å². The summed E-state index contributed by atoms with van der Waals surface area (Å²) >= 11 is 12.1. The Kier molecular flexibility index (Phi) is 6.54. The number of nitrogens with two attached hydrogens (primary N) is 1. The number of H-pyrrole nitrogens is 1. The molecule has 0 radical (unpaired) electrons. The van der Waals surface area contributed by atoms with E-state index in [1.807, 2.05) is 6.92 Å². The van der Waals surface area contributed by atoms with Crippen molar-refractivity contribution in [3.05, 3.63) is 74.7 Å². The van der Waals surface area contributed by atoms with Crippen molar-refractivity contribution in [3.63, 3.8) is 0 Å². The smallest absolute Gasteiger partial charge is 0.262 e. The van der Waals surface area contributed by atoms with Crippen molar-refractivity contribution < 1.29 is 19.0 Å². The Morgan fingerprint density at radius 3 is 2.85 bits per heavy atom. The highest BCUT2D eigenvalue weighted by atomic mass is 35.5. The van der Waals surface area contributed by atoms with E-state index in [9.17, 15) is 10.1 Å². The van der Waals surface area contributed by atoms with Crippen LogP contribution in [-0.2, 0) is 4.79 Å². The van der Waals surface area contributed by atoms with Crippen molar-refractivity contribution in [2.24, 2.45) is 5.73 Å². The zero-order chi connectivity index (χ0) is 24.4. The van der Waals surface area contributed by atoms with Gasteiger partial charge in [-0.15, -0.1) is 5.10 Å². The molecule has 1 aromatic heterocycles. The zero-order valence-corrected chi connectivity index (χ0v) is 19.6. The number of hydrogen-bond donors (Lipinski definition) is 3. The lowest BCUT2D eigenvalue weighted by atomic mass is 9.84. The summed E-state index contributed by atoms with van der Waals surface area (Å²) in [5.74, 6) is 0.0720. The van der Waals surface area contributed by atoms with Crippen molar-refractivity contribution in [2.45, 2.75) is 12.8 Å². The predicted octanol–water partition coefficient (Wildman–Crippen LogP) is 4.27. The molecule has 4 N–H and O–H groups in total. The number of aromatic nitrogens is 2. The number of halogens is 2. The quantitative estimate of drug-likeness (QED) is 0.460. The first-order valence-corrected chi connectivity index (χ1v) is 10.8. The number of carbonyl (C=O) groups excluding carboxylic acids is 1. The molecule has 1 unspecified atom stereocenters. The highest BCUT2D eigenvalue weighted by Gasteiger charge is 2.34. The molecule has 3 aromatic rings. The Labute approximate surface area is 205 Å². The first-order valence-electron chi connectivity index (χ1n) is 10.0. The van der Waals surface area contributed by atoms with Crippen LogP contribution in [0.2, 0.25) is 10.0 Å². The number of carbonyl (C=O) groups is 1. The Bertz CT molecular complexity index is 1350. The molecule has 2 heterocycles. The second kappa shape index (κ2) is 9.55. The topological polar surface area (TPSA) is 135 Å². The van der Waals surface area contributed by atoms with E-state index in [-0.39, 0.29) is 23.1 Å². The molecule has 1 aliphatic rings. The van der Waals surface area contributed by atoms with E-state index >= 15 is 0 Å². The van der Waals surface area contributed by atoms with Crippen LogP contribution in [0.3, 0.4) is 0 Å². The number of allylic oxidation sites excluding steroid dienone is 1. The summed E-state index contributed by atoms with van der Waals surface area (Å²) in [4.78, 5) is 12.4. The average Bonchev–Trinajstić information content (AvgIpc) is 3.19. The number of benzene rings is 2. The maximum absolute atomic E-state index is 12.4. The lowest BCUT2D eigenvalue weighted by Crippen LogP contribution is -2.21. The minimum absolute atomic E-state index is 0.0119. The van der Waals surface area contributed by atoms with Gasteiger partial charge in [-0.1, -0.05) is 35.3 Å². The second-order valence-corrected chi connectivity index (χ2v) is 8.13. The molecule has 0 spiro atoms. The van der Waals surface area contributed by atoms with E-state index in [0.717, 1.165) is 5.69 Å². The number of fused-ring (bicyclic) bond motifs is 1. The van der Waals surface area contributed by atoms with E-state index in [0.29, 0.717) is 39.2 Å². The maximum atomic E-state index is 12.4. The number of aryl methyl sites for hydroxylation is 1. The number of nitrogens with zero attached hydrogens (tertiary/aromatic N) is 2. The van der Waals surface area contributed by atoms with E-state index in [1.165, 1.54) is 7.11 Å². The van der Waals surface area contributed by atoms with Crippen LogP contribution in [-0.4, -0.2) is 29.8 Å². The van der Waals surface area contributed by atoms with Gasteiger partial charge in [0.05, 0.1) is 28.8 Å². The van der Waals surface area contributed by atoms with Crippen LogP contribution in [0.25, 0.3) is 0 Å². The van der Waals surface area contributed by atoms with Crippen molar-refractivity contribution in [1.82, 2.24) is 10.2 Å². The highest BCUT2D eigenvalue weighted by Crippen LogP contribution is 2.44. The number of anilines is 1. The van der Waals surface area contributed by atoms with Gasteiger partial charge in [0.1, 0.15) is 11.6 Å². The second-order valence-electron chi connectivity index (χ2n) is 7.34. The third-order valence-corrected chi connectivity index (χ3v) is 6.05. The number of ether oxygens (including phenoxy) is 3. The minimum atomic E-state index is -0.510. The molecular weight excluding hydrogens is 481 g/mol. The van der Waals surface area contributed by atoms with Crippen molar-refractivity contribution in [1.29, 1.82) is 5.26 Å². The molecule has 0 saturated carbocycles. The summed E-state index contributed by atoms with van der Waals surface area (Å²) < 4.78 is 16.6. The number of nitriles is 1. The van der Waals surface area contributed by atoms with Crippen molar-refractivity contribution in [2.75, 3.05) is 19.0 Å². The Balaban J connectivity index is 1.57. The predicted molar refractivity (Wildman–Crippen MR) is 126 cm³/mol. The van der Waals surface area contributed by atoms with E-state index in [1.54, 1.807) is 36.4 Å². The van der Waals surface area contributed by atoms with Crippen LogP contribution in [0.4, 0.5) is 5.69 Å². The minimum Gasteiger partial charge on any atom is -0.493 e. The van der Waals surface area contributed by atoms with E-state index < -0.39 is 11.8 Å². The summed E-state index contributed by atoms with van der Waals surface area (Å²) in [7, 11) is 1.48. The molecule has 1 atom stereocenters. The molecule has 34 heavy (non-hydrogen) atoms. The molecule has 0 saturated heterocycles. The summed E-state index contributed by atoms with van der Waals surface area (Å²) in [6, 6.07) is 12.2. The number of rotatable bonds is 6. The molecule has 0 fully saturated rings. The monoisotopic (exact) mass is 499 g/mol. The zero-order valence-electron chi connectivity index (χ0n) is 18.1. The van der Waals surface area contributed by atoms with E-state index in [2.05, 4.69) is 21.6 Å². The van der Waals surface area contributed by atoms with Gasteiger partial charge >= 0.3 is 0 Å². The van der Waals surface area contributed by atoms with Crippen LogP contribution in [0.1, 0.15) is 22.7 Å². The molecular formula is C23H19Cl2N5O4. The molecule has 11 heteroatoms. The van der Waals surface area contributed by atoms with Gasteiger partial charge in [-0.3, -0.25) is 9.89 Å². The molecule has 1 amide bonds. The van der Waals surface area contributed by atoms with Gasteiger partial charge in [-0.2, -0.15) is 5.26 Å². The van der Waals surface area contributed by atoms with Crippen LogP contribution in [0, 0.1) is 18.3 Å². The molecule has 174 valence electrons.